The number of hydrogen-bond donors (Lipinski definition) is 1. The van der Waals surface area contributed by atoms with Crippen LogP contribution >= 0.6 is 11.6 Å². The van der Waals surface area contributed by atoms with E-state index in [1.807, 2.05) is 31.2 Å². The van der Waals surface area contributed by atoms with Crippen LogP contribution in [0.3, 0.4) is 0 Å². The highest BCUT2D eigenvalue weighted by Crippen LogP contribution is 2.40. The van der Waals surface area contributed by atoms with Gasteiger partial charge in [-0.1, -0.05) is 37.6 Å². The second-order valence-electron chi connectivity index (χ2n) is 7.53. The fourth-order valence-electron chi connectivity index (χ4n) is 3.95. The summed E-state index contributed by atoms with van der Waals surface area (Å²) in [6.07, 6.45) is 0. The summed E-state index contributed by atoms with van der Waals surface area (Å²) in [7, 11) is 0. The number of ether oxygens (including phenoxy) is 1. The minimum Gasteiger partial charge on any atom is -0.507 e. The molecule has 2 aromatic carbocycles. The highest BCUT2D eigenvalue weighted by atomic mass is 35.5. The summed E-state index contributed by atoms with van der Waals surface area (Å²) < 4.78 is 5.63. The van der Waals surface area contributed by atoms with Gasteiger partial charge in [-0.05, 0) is 62.0 Å². The topological polar surface area (TPSA) is 70.1 Å². The van der Waals surface area contributed by atoms with E-state index < -0.39 is 17.7 Å². The van der Waals surface area contributed by atoms with E-state index in [1.165, 1.54) is 0 Å². The van der Waals surface area contributed by atoms with Crippen molar-refractivity contribution in [2.45, 2.75) is 26.8 Å². The van der Waals surface area contributed by atoms with Crippen LogP contribution in [0.5, 0.6) is 5.75 Å². The molecule has 32 heavy (non-hydrogen) atoms. The van der Waals surface area contributed by atoms with Crippen LogP contribution in [-0.4, -0.2) is 59.4 Å². The van der Waals surface area contributed by atoms with Gasteiger partial charge in [0.15, 0.2) is 0 Å². The molecule has 1 atom stereocenters. The molecule has 0 bridgehead atoms. The molecule has 1 saturated heterocycles. The van der Waals surface area contributed by atoms with Crippen LogP contribution in [0.4, 0.5) is 0 Å². The summed E-state index contributed by atoms with van der Waals surface area (Å²) in [4.78, 5) is 29.9. The fraction of sp³-hybridized carbons (Fsp3) is 0.360. The van der Waals surface area contributed by atoms with Gasteiger partial charge in [0.05, 0.1) is 18.2 Å². The van der Waals surface area contributed by atoms with Crippen LogP contribution < -0.4 is 4.74 Å². The molecule has 1 fully saturated rings. The maximum Gasteiger partial charge on any atom is 0.295 e. The van der Waals surface area contributed by atoms with Crippen LogP contribution in [0.15, 0.2) is 54.1 Å². The molecule has 1 heterocycles. The van der Waals surface area contributed by atoms with E-state index in [4.69, 9.17) is 16.3 Å². The lowest BCUT2D eigenvalue weighted by molar-refractivity contribution is -0.140. The summed E-state index contributed by atoms with van der Waals surface area (Å²) in [5.41, 5.74) is 1.22. The maximum absolute atomic E-state index is 13.1. The van der Waals surface area contributed by atoms with Crippen molar-refractivity contribution in [3.05, 3.63) is 70.3 Å². The molecule has 1 N–H and O–H groups in total. The molecule has 1 amide bonds. The fourth-order valence-corrected chi connectivity index (χ4v) is 4.08. The van der Waals surface area contributed by atoms with Crippen molar-refractivity contribution in [1.29, 1.82) is 0 Å². The molecule has 7 heteroatoms. The lowest BCUT2D eigenvalue weighted by Gasteiger charge is -2.28. The molecule has 0 radical (unpaired) electrons. The highest BCUT2D eigenvalue weighted by molar-refractivity contribution is 6.46. The van der Waals surface area contributed by atoms with Crippen molar-refractivity contribution in [2.24, 2.45) is 0 Å². The summed E-state index contributed by atoms with van der Waals surface area (Å²) in [5, 5.41) is 11.6. The number of aliphatic hydroxyl groups excluding tert-OH is 1. The van der Waals surface area contributed by atoms with E-state index in [0.29, 0.717) is 41.6 Å². The highest BCUT2D eigenvalue weighted by Gasteiger charge is 2.46. The Hall–Kier alpha value is -2.83. The summed E-state index contributed by atoms with van der Waals surface area (Å²) >= 11 is 5.98. The molecule has 170 valence electrons. The number of Topliss-reactive ketones (excluding diaryl/α,β-unsaturated/α-hetero) is 1. The average molecular weight is 457 g/mol. The largest absolute Gasteiger partial charge is 0.507 e. The zero-order valence-corrected chi connectivity index (χ0v) is 19.4. The number of benzene rings is 2. The molecule has 2 aromatic rings. The SMILES string of the molecule is CCOc1cccc(C2/C(=C(\O)c3ccc(Cl)cc3)C(=O)C(=O)N2CCN(CC)CC)c1. The zero-order chi connectivity index (χ0) is 23.3. The first-order chi connectivity index (χ1) is 15.4. The minimum absolute atomic E-state index is 0.0746. The summed E-state index contributed by atoms with van der Waals surface area (Å²) in [5.74, 6) is -0.869. The third-order valence-electron chi connectivity index (χ3n) is 5.69. The smallest absolute Gasteiger partial charge is 0.295 e. The quantitative estimate of drug-likeness (QED) is 0.341. The number of halogens is 1. The average Bonchev–Trinajstić information content (AvgIpc) is 3.05. The predicted molar refractivity (Wildman–Crippen MR) is 126 cm³/mol. The van der Waals surface area contributed by atoms with Crippen LogP contribution in [-0.2, 0) is 9.59 Å². The van der Waals surface area contributed by atoms with Gasteiger partial charge in [-0.2, -0.15) is 0 Å². The van der Waals surface area contributed by atoms with Crippen molar-refractivity contribution in [3.63, 3.8) is 0 Å². The molecule has 3 rings (SSSR count). The first-order valence-corrected chi connectivity index (χ1v) is 11.3. The lowest BCUT2D eigenvalue weighted by Crippen LogP contribution is -2.38. The van der Waals surface area contributed by atoms with Gasteiger partial charge in [0.1, 0.15) is 11.5 Å². The molecule has 1 aliphatic heterocycles. The van der Waals surface area contributed by atoms with Crippen molar-refractivity contribution in [3.8, 4) is 5.75 Å². The Morgan fingerprint density at radius 3 is 2.41 bits per heavy atom. The normalized spacial score (nSPS) is 17.9. The van der Waals surface area contributed by atoms with E-state index in [9.17, 15) is 14.7 Å². The molecular formula is C25H29ClN2O4. The number of likely N-dealkylation sites (N-methyl/N-ethyl adjacent to an activating group) is 1. The van der Waals surface area contributed by atoms with E-state index in [0.717, 1.165) is 13.1 Å². The van der Waals surface area contributed by atoms with E-state index in [-0.39, 0.29) is 11.3 Å². The molecule has 0 aromatic heterocycles. The molecular weight excluding hydrogens is 428 g/mol. The van der Waals surface area contributed by atoms with Gasteiger partial charge in [0.25, 0.3) is 11.7 Å². The van der Waals surface area contributed by atoms with Crippen LogP contribution in [0, 0.1) is 0 Å². The predicted octanol–water partition coefficient (Wildman–Crippen LogP) is 4.50. The Bertz CT molecular complexity index is 999. The van der Waals surface area contributed by atoms with Crippen LogP contribution in [0.1, 0.15) is 37.9 Å². The van der Waals surface area contributed by atoms with Crippen molar-refractivity contribution in [2.75, 3.05) is 32.8 Å². The van der Waals surface area contributed by atoms with Gasteiger partial charge in [-0.3, -0.25) is 9.59 Å². The number of likely N-dealkylation sites (tertiary alicyclic amines) is 1. The maximum atomic E-state index is 13.1. The third kappa shape index (κ3) is 4.97. The number of aliphatic hydroxyl groups is 1. The standard InChI is InChI=1S/C25H29ClN2O4/c1-4-27(5-2)14-15-28-22(18-8-7-9-20(16-18)32-6-3)21(24(30)25(28)31)23(29)17-10-12-19(26)13-11-17/h7-13,16,22,29H,4-6,14-15H2,1-3H3/b23-21+. The molecule has 0 saturated carbocycles. The number of carbonyl (C=O) groups is 2. The second kappa shape index (κ2) is 10.7. The number of nitrogens with zero attached hydrogens (tertiary/aromatic N) is 2. The van der Waals surface area contributed by atoms with Gasteiger partial charge in [-0.25, -0.2) is 0 Å². The van der Waals surface area contributed by atoms with Gasteiger partial charge in [-0.15, -0.1) is 0 Å². The Balaban J connectivity index is 2.10. The molecule has 0 aliphatic carbocycles. The van der Waals surface area contributed by atoms with Crippen LogP contribution in [0.25, 0.3) is 5.76 Å². The van der Waals surface area contributed by atoms with E-state index >= 15 is 0 Å². The molecule has 1 unspecified atom stereocenters. The Morgan fingerprint density at radius 1 is 1.09 bits per heavy atom. The summed E-state index contributed by atoms with van der Waals surface area (Å²) in [6, 6.07) is 13.2. The van der Waals surface area contributed by atoms with Gasteiger partial charge in [0.2, 0.25) is 0 Å². The Labute approximate surface area is 194 Å². The number of hydrogen-bond acceptors (Lipinski definition) is 5. The molecule has 1 aliphatic rings. The van der Waals surface area contributed by atoms with Crippen molar-refractivity contribution in [1.82, 2.24) is 9.80 Å². The van der Waals surface area contributed by atoms with Crippen molar-refractivity contribution >= 4 is 29.1 Å². The monoisotopic (exact) mass is 456 g/mol. The third-order valence-corrected chi connectivity index (χ3v) is 5.95. The lowest BCUT2D eigenvalue weighted by atomic mass is 9.95. The number of amides is 1. The first kappa shape index (κ1) is 23.8. The number of rotatable bonds is 9. The van der Waals surface area contributed by atoms with E-state index in [2.05, 4.69) is 18.7 Å². The molecule has 0 spiro atoms. The first-order valence-electron chi connectivity index (χ1n) is 10.9. The van der Waals surface area contributed by atoms with Gasteiger partial charge < -0.3 is 19.6 Å². The minimum atomic E-state index is -0.707. The number of carbonyl (C=O) groups excluding carboxylic acids is 2. The van der Waals surface area contributed by atoms with Crippen LogP contribution in [0.2, 0.25) is 5.02 Å². The molecule has 6 nitrogen and oxygen atoms in total. The second-order valence-corrected chi connectivity index (χ2v) is 7.97. The van der Waals surface area contributed by atoms with Gasteiger partial charge >= 0.3 is 0 Å². The van der Waals surface area contributed by atoms with Gasteiger partial charge in [0, 0.05) is 23.7 Å². The summed E-state index contributed by atoms with van der Waals surface area (Å²) in [6.45, 7) is 9.18. The zero-order valence-electron chi connectivity index (χ0n) is 18.7. The van der Waals surface area contributed by atoms with Crippen molar-refractivity contribution < 1.29 is 19.4 Å². The Morgan fingerprint density at radius 2 is 1.78 bits per heavy atom. The van der Waals surface area contributed by atoms with E-state index in [1.54, 1.807) is 29.2 Å². The Kier molecular flexibility index (Phi) is 7.94. The number of ketones is 1.